The molecule has 8 heteroatoms. The molecule has 0 aromatic carbocycles. The van der Waals surface area contributed by atoms with Crippen LogP contribution in [0.1, 0.15) is 24.3 Å². The van der Waals surface area contributed by atoms with Crippen LogP contribution in [-0.4, -0.2) is 53.0 Å². The van der Waals surface area contributed by atoms with Gasteiger partial charge in [0.25, 0.3) is 0 Å². The van der Waals surface area contributed by atoms with E-state index >= 15 is 0 Å². The van der Waals surface area contributed by atoms with Crippen molar-refractivity contribution in [2.75, 3.05) is 25.5 Å². The molecule has 2 aliphatic rings. The fourth-order valence-electron chi connectivity index (χ4n) is 3.90. The van der Waals surface area contributed by atoms with Crippen LogP contribution in [0.5, 0.6) is 5.75 Å². The normalized spacial score (nSPS) is 19.1. The smallest absolute Gasteiger partial charge is 0.140 e. The van der Waals surface area contributed by atoms with Gasteiger partial charge in [0.1, 0.15) is 17.2 Å². The van der Waals surface area contributed by atoms with Gasteiger partial charge in [-0.2, -0.15) is 10.2 Å². The Morgan fingerprint density at radius 1 is 1.24 bits per heavy atom. The van der Waals surface area contributed by atoms with E-state index < -0.39 is 0 Å². The summed E-state index contributed by atoms with van der Waals surface area (Å²) < 4.78 is 7.62. The largest absolute Gasteiger partial charge is 0.496 e. The minimum atomic E-state index is -0.00985. The molecule has 5 rings (SSSR count). The zero-order valence-corrected chi connectivity index (χ0v) is 16.2. The lowest BCUT2D eigenvalue weighted by Crippen LogP contribution is -2.38. The van der Waals surface area contributed by atoms with E-state index in [1.165, 1.54) is 6.42 Å². The second kappa shape index (κ2) is 7.63. The monoisotopic (exact) mass is 389 g/mol. The predicted octanol–water partition coefficient (Wildman–Crippen LogP) is 2.72. The summed E-state index contributed by atoms with van der Waals surface area (Å²) in [7, 11) is 1.67. The SMILES string of the molecule is COc1cc2ncc(-c3cccc(NC4CCCNC4)n3)n2cc1C1C=NN=C1. The molecular weight excluding hydrogens is 366 g/mol. The van der Waals surface area contributed by atoms with E-state index in [1.54, 1.807) is 19.5 Å². The molecule has 148 valence electrons. The fraction of sp³-hybridized carbons (Fsp3) is 0.333. The van der Waals surface area contributed by atoms with Gasteiger partial charge in [-0.05, 0) is 31.5 Å². The number of imidazole rings is 1. The molecule has 0 aliphatic carbocycles. The molecule has 0 bridgehead atoms. The molecule has 1 unspecified atom stereocenters. The predicted molar refractivity (Wildman–Crippen MR) is 114 cm³/mol. The Labute approximate surface area is 168 Å². The number of piperidine rings is 1. The molecule has 2 aliphatic heterocycles. The number of hydrogen-bond donors (Lipinski definition) is 2. The van der Waals surface area contributed by atoms with Crippen molar-refractivity contribution in [3.05, 3.63) is 42.2 Å². The minimum absolute atomic E-state index is 0.00985. The molecule has 0 saturated carbocycles. The van der Waals surface area contributed by atoms with Crippen LogP contribution in [0.15, 0.2) is 46.9 Å². The second-order valence-corrected chi connectivity index (χ2v) is 7.32. The van der Waals surface area contributed by atoms with Crippen LogP contribution in [0.2, 0.25) is 0 Å². The highest BCUT2D eigenvalue weighted by Gasteiger charge is 2.19. The molecule has 5 heterocycles. The van der Waals surface area contributed by atoms with E-state index in [4.69, 9.17) is 9.72 Å². The number of fused-ring (bicyclic) bond motifs is 1. The summed E-state index contributed by atoms with van der Waals surface area (Å²) >= 11 is 0. The van der Waals surface area contributed by atoms with E-state index in [9.17, 15) is 0 Å². The van der Waals surface area contributed by atoms with E-state index in [-0.39, 0.29) is 5.92 Å². The van der Waals surface area contributed by atoms with E-state index in [0.29, 0.717) is 6.04 Å². The van der Waals surface area contributed by atoms with Crippen LogP contribution in [0.4, 0.5) is 5.82 Å². The Balaban J connectivity index is 1.51. The summed E-state index contributed by atoms with van der Waals surface area (Å²) in [6, 6.07) is 8.40. The number of nitrogens with one attached hydrogen (secondary N) is 2. The number of rotatable bonds is 5. The highest BCUT2D eigenvalue weighted by molar-refractivity contribution is 5.94. The highest BCUT2D eigenvalue weighted by atomic mass is 16.5. The quantitative estimate of drug-likeness (QED) is 0.701. The summed E-state index contributed by atoms with van der Waals surface area (Å²) in [5.74, 6) is 1.65. The topological polar surface area (TPSA) is 88.2 Å². The fourth-order valence-corrected chi connectivity index (χ4v) is 3.90. The van der Waals surface area contributed by atoms with Crippen LogP contribution in [0.3, 0.4) is 0 Å². The first-order chi connectivity index (χ1) is 14.3. The Morgan fingerprint density at radius 3 is 2.93 bits per heavy atom. The Kier molecular flexibility index (Phi) is 4.69. The number of aromatic nitrogens is 3. The van der Waals surface area contributed by atoms with E-state index in [2.05, 4.69) is 25.8 Å². The van der Waals surface area contributed by atoms with Crippen LogP contribution in [0, 0.1) is 0 Å². The summed E-state index contributed by atoms with van der Waals surface area (Å²) in [4.78, 5) is 9.41. The summed E-state index contributed by atoms with van der Waals surface area (Å²) in [5.41, 5.74) is 3.60. The number of methoxy groups -OCH3 is 1. The Bertz CT molecular complexity index is 1070. The first-order valence-electron chi connectivity index (χ1n) is 9.88. The third-order valence-corrected chi connectivity index (χ3v) is 5.40. The van der Waals surface area contributed by atoms with Gasteiger partial charge in [-0.15, -0.1) is 0 Å². The average Bonchev–Trinajstić information content (AvgIpc) is 3.43. The van der Waals surface area contributed by atoms with E-state index in [1.807, 2.05) is 41.1 Å². The zero-order valence-electron chi connectivity index (χ0n) is 16.2. The third kappa shape index (κ3) is 3.47. The number of ether oxygens (including phenoxy) is 1. The third-order valence-electron chi connectivity index (χ3n) is 5.40. The number of pyridine rings is 2. The standard InChI is InChI=1S/C21H23N7O/c1-29-19-8-21-23-12-18(28(21)13-16(19)14-9-24-25-10-14)17-5-2-6-20(27-17)26-15-4-3-7-22-11-15/h2,5-6,8-10,12-15,22H,3-4,7,11H2,1H3,(H,26,27). The van der Waals surface area contributed by atoms with E-state index in [0.717, 1.165) is 53.7 Å². The number of nitrogens with zero attached hydrogens (tertiary/aromatic N) is 5. The maximum atomic E-state index is 5.58. The van der Waals surface area contributed by atoms with Crippen molar-refractivity contribution in [1.82, 2.24) is 19.7 Å². The molecule has 3 aromatic heterocycles. The second-order valence-electron chi connectivity index (χ2n) is 7.32. The first kappa shape index (κ1) is 17.8. The summed E-state index contributed by atoms with van der Waals surface area (Å²) in [6.07, 6.45) is 9.84. The maximum absolute atomic E-state index is 5.58. The Hall–Kier alpha value is -3.26. The Morgan fingerprint density at radius 2 is 2.14 bits per heavy atom. The van der Waals surface area contributed by atoms with Crippen LogP contribution in [0.25, 0.3) is 17.0 Å². The van der Waals surface area contributed by atoms with Gasteiger partial charge >= 0.3 is 0 Å². The van der Waals surface area contributed by atoms with Crippen molar-refractivity contribution in [2.45, 2.75) is 24.8 Å². The molecular formula is C21H23N7O. The number of anilines is 1. The lowest BCUT2D eigenvalue weighted by atomic mass is 10.0. The molecule has 2 N–H and O–H groups in total. The minimum Gasteiger partial charge on any atom is -0.496 e. The summed E-state index contributed by atoms with van der Waals surface area (Å²) in [5, 5.41) is 14.9. The van der Waals surface area contributed by atoms with Gasteiger partial charge in [-0.3, -0.25) is 4.40 Å². The van der Waals surface area contributed by atoms with Gasteiger partial charge in [0, 0.05) is 42.8 Å². The van der Waals surface area contributed by atoms with Crippen molar-refractivity contribution in [3.8, 4) is 17.1 Å². The van der Waals surface area contributed by atoms with Gasteiger partial charge in [0.15, 0.2) is 0 Å². The van der Waals surface area contributed by atoms with Crippen molar-refractivity contribution in [1.29, 1.82) is 0 Å². The molecule has 1 saturated heterocycles. The first-order valence-corrected chi connectivity index (χ1v) is 9.88. The lowest BCUT2D eigenvalue weighted by molar-refractivity contribution is 0.410. The van der Waals surface area contributed by atoms with Crippen LogP contribution >= 0.6 is 0 Å². The molecule has 3 aromatic rings. The maximum Gasteiger partial charge on any atom is 0.140 e. The van der Waals surface area contributed by atoms with Crippen molar-refractivity contribution >= 4 is 23.9 Å². The lowest BCUT2D eigenvalue weighted by Gasteiger charge is -2.24. The van der Waals surface area contributed by atoms with Crippen molar-refractivity contribution < 1.29 is 4.74 Å². The molecule has 0 radical (unpaired) electrons. The van der Waals surface area contributed by atoms with Crippen LogP contribution in [-0.2, 0) is 0 Å². The number of hydrogen-bond acceptors (Lipinski definition) is 7. The van der Waals surface area contributed by atoms with Gasteiger partial charge in [-0.25, -0.2) is 9.97 Å². The molecule has 1 atom stereocenters. The highest BCUT2D eigenvalue weighted by Crippen LogP contribution is 2.30. The van der Waals surface area contributed by atoms with Gasteiger partial charge in [0.2, 0.25) is 0 Å². The molecule has 29 heavy (non-hydrogen) atoms. The molecule has 0 spiro atoms. The van der Waals surface area contributed by atoms with Gasteiger partial charge in [-0.1, -0.05) is 6.07 Å². The van der Waals surface area contributed by atoms with Crippen molar-refractivity contribution in [2.24, 2.45) is 10.2 Å². The van der Waals surface area contributed by atoms with Crippen molar-refractivity contribution in [3.63, 3.8) is 0 Å². The molecule has 8 nitrogen and oxygen atoms in total. The zero-order chi connectivity index (χ0) is 19.6. The molecule has 1 fully saturated rings. The molecule has 0 amide bonds. The summed E-state index contributed by atoms with van der Waals surface area (Å²) in [6.45, 7) is 2.06. The average molecular weight is 389 g/mol. The van der Waals surface area contributed by atoms with Gasteiger partial charge in [0.05, 0.1) is 30.6 Å². The van der Waals surface area contributed by atoms with Crippen LogP contribution < -0.4 is 15.4 Å². The van der Waals surface area contributed by atoms with Gasteiger partial charge < -0.3 is 15.4 Å².